The first-order chi connectivity index (χ1) is 7.29. The maximum Gasteiger partial charge on any atom is 0.128 e. The molecule has 1 aliphatic heterocycles. The number of likely N-dealkylation sites (N-methyl/N-ethyl adjacent to an activating group) is 1. The molecular formula is C12H15N3. The third kappa shape index (κ3) is 2.28. The lowest BCUT2D eigenvalue weighted by molar-refractivity contribution is 0.312. The molecule has 0 spiro atoms. The minimum Gasteiger partial charge on any atom is -0.354 e. The van der Waals surface area contributed by atoms with E-state index in [2.05, 4.69) is 27.8 Å². The second kappa shape index (κ2) is 4.33. The van der Waals surface area contributed by atoms with Crippen molar-refractivity contribution in [2.45, 2.75) is 0 Å². The number of aromatic nitrogens is 1. The molecule has 1 aromatic heterocycles. The minimum absolute atomic E-state index is 0.841. The van der Waals surface area contributed by atoms with E-state index >= 15 is 0 Å². The number of hydrogen-bond donors (Lipinski definition) is 0. The molecule has 0 atom stereocenters. The second-order valence-electron chi connectivity index (χ2n) is 3.84. The molecule has 3 heteroatoms. The molecular weight excluding hydrogens is 186 g/mol. The number of rotatable bonds is 1. The molecule has 0 aliphatic carbocycles. The van der Waals surface area contributed by atoms with Crippen molar-refractivity contribution in [1.82, 2.24) is 9.88 Å². The van der Waals surface area contributed by atoms with Crippen LogP contribution in [0.4, 0.5) is 5.82 Å². The van der Waals surface area contributed by atoms with E-state index in [0.717, 1.165) is 37.6 Å². The molecule has 0 amide bonds. The van der Waals surface area contributed by atoms with Gasteiger partial charge in [0.05, 0.1) is 0 Å². The monoisotopic (exact) mass is 201 g/mol. The van der Waals surface area contributed by atoms with Crippen molar-refractivity contribution in [3.8, 4) is 12.3 Å². The van der Waals surface area contributed by atoms with Gasteiger partial charge in [0, 0.05) is 37.9 Å². The fourth-order valence-corrected chi connectivity index (χ4v) is 1.69. The molecule has 1 aliphatic rings. The van der Waals surface area contributed by atoms with Gasteiger partial charge in [-0.15, -0.1) is 6.42 Å². The zero-order valence-electron chi connectivity index (χ0n) is 8.98. The van der Waals surface area contributed by atoms with Crippen LogP contribution in [0, 0.1) is 12.3 Å². The Morgan fingerprint density at radius 2 is 2.00 bits per heavy atom. The SMILES string of the molecule is C#Cc1ccc(N2CCN(C)CC2)nc1. The van der Waals surface area contributed by atoms with Gasteiger partial charge in [-0.05, 0) is 19.2 Å². The van der Waals surface area contributed by atoms with Gasteiger partial charge in [0.1, 0.15) is 5.82 Å². The maximum atomic E-state index is 5.29. The summed E-state index contributed by atoms with van der Waals surface area (Å²) in [5.41, 5.74) is 0.841. The van der Waals surface area contributed by atoms with Gasteiger partial charge in [0.25, 0.3) is 0 Å². The van der Waals surface area contributed by atoms with Gasteiger partial charge in [0.2, 0.25) is 0 Å². The summed E-state index contributed by atoms with van der Waals surface area (Å²) in [7, 11) is 2.15. The first kappa shape index (κ1) is 10.0. The molecule has 15 heavy (non-hydrogen) atoms. The van der Waals surface area contributed by atoms with Crippen molar-refractivity contribution >= 4 is 5.82 Å². The van der Waals surface area contributed by atoms with Crippen molar-refractivity contribution in [3.63, 3.8) is 0 Å². The van der Waals surface area contributed by atoms with Crippen molar-refractivity contribution < 1.29 is 0 Å². The van der Waals surface area contributed by atoms with Crippen LogP contribution >= 0.6 is 0 Å². The number of anilines is 1. The molecule has 2 heterocycles. The summed E-state index contributed by atoms with van der Waals surface area (Å²) < 4.78 is 0. The van der Waals surface area contributed by atoms with Gasteiger partial charge in [-0.2, -0.15) is 0 Å². The zero-order valence-corrected chi connectivity index (χ0v) is 8.98. The fourth-order valence-electron chi connectivity index (χ4n) is 1.69. The lowest BCUT2D eigenvalue weighted by Gasteiger charge is -2.33. The largest absolute Gasteiger partial charge is 0.354 e. The van der Waals surface area contributed by atoms with Crippen LogP contribution in [-0.2, 0) is 0 Å². The molecule has 1 fully saturated rings. The quantitative estimate of drug-likeness (QED) is 0.627. The summed E-state index contributed by atoms with van der Waals surface area (Å²) in [5, 5.41) is 0. The van der Waals surface area contributed by atoms with Crippen LogP contribution in [0.1, 0.15) is 5.56 Å². The predicted octanol–water partition coefficient (Wildman–Crippen LogP) is 0.815. The van der Waals surface area contributed by atoms with E-state index in [1.807, 2.05) is 12.1 Å². The number of terminal acetylenes is 1. The number of hydrogen-bond acceptors (Lipinski definition) is 3. The molecule has 0 radical (unpaired) electrons. The van der Waals surface area contributed by atoms with Gasteiger partial charge in [-0.25, -0.2) is 4.98 Å². The Hall–Kier alpha value is -1.53. The lowest BCUT2D eigenvalue weighted by atomic mass is 10.2. The first-order valence-corrected chi connectivity index (χ1v) is 5.16. The number of pyridine rings is 1. The third-order valence-corrected chi connectivity index (χ3v) is 2.74. The van der Waals surface area contributed by atoms with Gasteiger partial charge in [-0.3, -0.25) is 0 Å². The van der Waals surface area contributed by atoms with Crippen LogP contribution in [-0.4, -0.2) is 43.1 Å². The first-order valence-electron chi connectivity index (χ1n) is 5.16. The molecule has 1 saturated heterocycles. The average molecular weight is 201 g/mol. The van der Waals surface area contributed by atoms with E-state index in [-0.39, 0.29) is 0 Å². The zero-order chi connectivity index (χ0) is 10.7. The molecule has 1 aromatic rings. The van der Waals surface area contributed by atoms with Crippen LogP contribution in [0.5, 0.6) is 0 Å². The van der Waals surface area contributed by atoms with Crippen LogP contribution in [0.25, 0.3) is 0 Å². The molecule has 3 nitrogen and oxygen atoms in total. The van der Waals surface area contributed by atoms with Crippen LogP contribution in [0.15, 0.2) is 18.3 Å². The predicted molar refractivity (Wildman–Crippen MR) is 61.9 cm³/mol. The summed E-state index contributed by atoms with van der Waals surface area (Å²) in [6.07, 6.45) is 7.04. The molecule has 0 N–H and O–H groups in total. The Morgan fingerprint density at radius 3 is 2.53 bits per heavy atom. The topological polar surface area (TPSA) is 19.4 Å². The normalized spacial score (nSPS) is 17.5. The number of piperazine rings is 1. The lowest BCUT2D eigenvalue weighted by Crippen LogP contribution is -2.44. The summed E-state index contributed by atoms with van der Waals surface area (Å²) in [4.78, 5) is 8.98. The van der Waals surface area contributed by atoms with Crippen molar-refractivity contribution in [2.75, 3.05) is 38.1 Å². The molecule has 0 bridgehead atoms. The fraction of sp³-hybridized carbons (Fsp3) is 0.417. The Morgan fingerprint density at radius 1 is 1.27 bits per heavy atom. The van der Waals surface area contributed by atoms with E-state index in [0.29, 0.717) is 0 Å². The Kier molecular flexibility index (Phi) is 2.89. The van der Waals surface area contributed by atoms with E-state index in [4.69, 9.17) is 6.42 Å². The minimum atomic E-state index is 0.841. The molecule has 0 saturated carbocycles. The smallest absolute Gasteiger partial charge is 0.128 e. The van der Waals surface area contributed by atoms with Crippen LogP contribution in [0.2, 0.25) is 0 Å². The number of nitrogens with zero attached hydrogens (tertiary/aromatic N) is 3. The van der Waals surface area contributed by atoms with E-state index in [1.165, 1.54) is 0 Å². The highest BCUT2D eigenvalue weighted by molar-refractivity contribution is 5.43. The average Bonchev–Trinajstić information content (AvgIpc) is 2.30. The molecule has 0 unspecified atom stereocenters. The van der Waals surface area contributed by atoms with E-state index in [9.17, 15) is 0 Å². The molecule has 0 aromatic carbocycles. The summed E-state index contributed by atoms with van der Waals surface area (Å²) >= 11 is 0. The van der Waals surface area contributed by atoms with Crippen molar-refractivity contribution in [2.24, 2.45) is 0 Å². The molecule has 78 valence electrons. The van der Waals surface area contributed by atoms with Crippen molar-refractivity contribution in [1.29, 1.82) is 0 Å². The maximum absolute atomic E-state index is 5.29. The highest BCUT2D eigenvalue weighted by Gasteiger charge is 2.14. The standard InChI is InChI=1S/C12H15N3/c1-3-11-4-5-12(13-10-11)15-8-6-14(2)7-9-15/h1,4-5,10H,6-9H2,2H3. The summed E-state index contributed by atoms with van der Waals surface area (Å²) in [5.74, 6) is 3.60. The Labute approximate surface area is 90.7 Å². The Balaban J connectivity index is 2.07. The second-order valence-corrected chi connectivity index (χ2v) is 3.84. The van der Waals surface area contributed by atoms with E-state index in [1.54, 1.807) is 6.20 Å². The highest BCUT2D eigenvalue weighted by atomic mass is 15.3. The highest BCUT2D eigenvalue weighted by Crippen LogP contribution is 2.12. The van der Waals surface area contributed by atoms with Gasteiger partial charge in [-0.1, -0.05) is 5.92 Å². The van der Waals surface area contributed by atoms with Gasteiger partial charge >= 0.3 is 0 Å². The van der Waals surface area contributed by atoms with Gasteiger partial charge < -0.3 is 9.80 Å². The summed E-state index contributed by atoms with van der Waals surface area (Å²) in [6, 6.07) is 3.95. The molecule has 2 rings (SSSR count). The van der Waals surface area contributed by atoms with Gasteiger partial charge in [0.15, 0.2) is 0 Å². The van der Waals surface area contributed by atoms with Crippen LogP contribution < -0.4 is 4.90 Å². The van der Waals surface area contributed by atoms with E-state index < -0.39 is 0 Å². The third-order valence-electron chi connectivity index (χ3n) is 2.74. The van der Waals surface area contributed by atoms with Crippen LogP contribution in [0.3, 0.4) is 0 Å². The summed E-state index contributed by atoms with van der Waals surface area (Å²) in [6.45, 7) is 4.27. The van der Waals surface area contributed by atoms with Crippen molar-refractivity contribution in [3.05, 3.63) is 23.9 Å². The Bertz CT molecular complexity index is 355.